The molecule has 0 atom stereocenters. The van der Waals surface area contributed by atoms with Gasteiger partial charge in [-0.25, -0.2) is 4.98 Å². The predicted octanol–water partition coefficient (Wildman–Crippen LogP) is 2.31. The molecule has 2 aromatic heterocycles. The van der Waals surface area contributed by atoms with Crippen LogP contribution in [0.3, 0.4) is 0 Å². The number of anilines is 1. The smallest absolute Gasteiger partial charge is 0.261 e. The van der Waals surface area contributed by atoms with E-state index in [1.54, 1.807) is 12.1 Å². The molecule has 0 saturated carbocycles. The molecule has 0 bridgehead atoms. The number of pyridine rings is 1. The molecule has 0 aliphatic carbocycles. The van der Waals surface area contributed by atoms with Gasteiger partial charge >= 0.3 is 0 Å². The third kappa shape index (κ3) is 3.60. The SMILES string of the molecule is O=C(Nc1cc(C#CCCO)ccn1)c1ccoc1Cl. The highest BCUT2D eigenvalue weighted by atomic mass is 35.5. The van der Waals surface area contributed by atoms with E-state index in [2.05, 4.69) is 22.1 Å². The monoisotopic (exact) mass is 290 g/mol. The van der Waals surface area contributed by atoms with Gasteiger partial charge in [0.25, 0.3) is 5.91 Å². The second-order valence-corrected chi connectivity index (χ2v) is 4.11. The summed E-state index contributed by atoms with van der Waals surface area (Å²) in [6.45, 7) is 0.0145. The van der Waals surface area contributed by atoms with Gasteiger partial charge in [-0.1, -0.05) is 11.8 Å². The van der Waals surface area contributed by atoms with Crippen molar-refractivity contribution >= 4 is 23.3 Å². The van der Waals surface area contributed by atoms with Crippen LogP contribution in [0.4, 0.5) is 5.82 Å². The van der Waals surface area contributed by atoms with Crippen LogP contribution in [-0.2, 0) is 0 Å². The van der Waals surface area contributed by atoms with Crippen molar-refractivity contribution in [1.29, 1.82) is 0 Å². The molecule has 0 aliphatic heterocycles. The van der Waals surface area contributed by atoms with E-state index in [0.717, 1.165) is 0 Å². The summed E-state index contributed by atoms with van der Waals surface area (Å²) in [6.07, 6.45) is 3.27. The van der Waals surface area contributed by atoms with Crippen molar-refractivity contribution in [2.24, 2.45) is 0 Å². The fourth-order valence-electron chi connectivity index (χ4n) is 1.44. The molecule has 2 aromatic rings. The Morgan fingerprint density at radius 1 is 1.50 bits per heavy atom. The zero-order valence-electron chi connectivity index (χ0n) is 10.4. The van der Waals surface area contributed by atoms with Gasteiger partial charge in [-0.3, -0.25) is 4.79 Å². The quantitative estimate of drug-likeness (QED) is 0.851. The molecule has 6 heteroatoms. The number of nitrogens with one attached hydrogen (secondary N) is 1. The number of nitrogens with zero attached hydrogens (tertiary/aromatic N) is 1. The van der Waals surface area contributed by atoms with E-state index in [1.165, 1.54) is 18.5 Å². The molecule has 5 nitrogen and oxygen atoms in total. The molecule has 2 heterocycles. The van der Waals surface area contributed by atoms with Crippen molar-refractivity contribution in [2.45, 2.75) is 6.42 Å². The van der Waals surface area contributed by atoms with E-state index < -0.39 is 5.91 Å². The first kappa shape index (κ1) is 14.1. The lowest BCUT2D eigenvalue weighted by Gasteiger charge is -2.03. The molecule has 0 spiro atoms. The molecule has 0 unspecified atom stereocenters. The minimum Gasteiger partial charge on any atom is -0.452 e. The summed E-state index contributed by atoms with van der Waals surface area (Å²) < 4.78 is 4.85. The van der Waals surface area contributed by atoms with E-state index >= 15 is 0 Å². The van der Waals surface area contributed by atoms with Crippen LogP contribution in [-0.4, -0.2) is 22.6 Å². The Bertz CT molecular complexity index is 670. The van der Waals surface area contributed by atoms with E-state index in [-0.39, 0.29) is 17.4 Å². The van der Waals surface area contributed by atoms with E-state index in [9.17, 15) is 4.79 Å². The number of aromatic nitrogens is 1. The number of carbonyl (C=O) groups is 1. The van der Waals surface area contributed by atoms with Crippen molar-refractivity contribution < 1.29 is 14.3 Å². The number of aliphatic hydroxyl groups is 1. The first-order chi connectivity index (χ1) is 9.70. The minimum absolute atomic E-state index is 0.0145. The highest BCUT2D eigenvalue weighted by Crippen LogP contribution is 2.18. The second-order valence-electron chi connectivity index (χ2n) is 3.77. The lowest BCUT2D eigenvalue weighted by molar-refractivity contribution is 0.102. The zero-order valence-corrected chi connectivity index (χ0v) is 11.1. The lowest BCUT2D eigenvalue weighted by Crippen LogP contribution is -2.12. The van der Waals surface area contributed by atoms with Gasteiger partial charge in [0.15, 0.2) is 0 Å². The number of halogens is 1. The Balaban J connectivity index is 2.11. The van der Waals surface area contributed by atoms with Gasteiger partial charge in [0.2, 0.25) is 5.22 Å². The van der Waals surface area contributed by atoms with Crippen LogP contribution in [0.2, 0.25) is 5.22 Å². The van der Waals surface area contributed by atoms with Crippen LogP contribution < -0.4 is 5.32 Å². The van der Waals surface area contributed by atoms with Crippen molar-refractivity contribution in [1.82, 2.24) is 4.98 Å². The molecule has 0 radical (unpaired) electrons. The van der Waals surface area contributed by atoms with Gasteiger partial charge in [-0.05, 0) is 29.8 Å². The van der Waals surface area contributed by atoms with Crippen LogP contribution in [0.25, 0.3) is 0 Å². The summed E-state index contributed by atoms with van der Waals surface area (Å²) in [6, 6.07) is 4.82. The number of hydrogen-bond acceptors (Lipinski definition) is 4. The van der Waals surface area contributed by atoms with E-state index in [0.29, 0.717) is 17.8 Å². The number of carbonyl (C=O) groups excluding carboxylic acids is 1. The van der Waals surface area contributed by atoms with Crippen LogP contribution in [0, 0.1) is 11.8 Å². The first-order valence-electron chi connectivity index (χ1n) is 5.81. The molecule has 1 amide bonds. The maximum atomic E-state index is 11.9. The molecule has 0 fully saturated rings. The Morgan fingerprint density at radius 3 is 3.05 bits per heavy atom. The molecule has 0 saturated heterocycles. The number of aliphatic hydroxyl groups excluding tert-OH is 1. The van der Waals surface area contributed by atoms with Crippen molar-refractivity contribution in [3.63, 3.8) is 0 Å². The van der Waals surface area contributed by atoms with Crippen LogP contribution >= 0.6 is 11.6 Å². The van der Waals surface area contributed by atoms with Gasteiger partial charge in [0, 0.05) is 18.2 Å². The molecular formula is C14H11ClN2O3. The van der Waals surface area contributed by atoms with E-state index in [1.807, 2.05) is 0 Å². The van der Waals surface area contributed by atoms with Gasteiger partial charge < -0.3 is 14.8 Å². The molecular weight excluding hydrogens is 280 g/mol. The zero-order chi connectivity index (χ0) is 14.4. The van der Waals surface area contributed by atoms with Gasteiger partial charge in [0.1, 0.15) is 5.82 Å². The van der Waals surface area contributed by atoms with Crippen molar-refractivity contribution in [2.75, 3.05) is 11.9 Å². The van der Waals surface area contributed by atoms with Gasteiger partial charge in [-0.2, -0.15) is 0 Å². The Labute approximate surface area is 120 Å². The predicted molar refractivity (Wildman–Crippen MR) is 74.5 cm³/mol. The summed E-state index contributed by atoms with van der Waals surface area (Å²) in [5.41, 5.74) is 0.937. The van der Waals surface area contributed by atoms with Crippen LogP contribution in [0.1, 0.15) is 22.3 Å². The average molecular weight is 291 g/mol. The van der Waals surface area contributed by atoms with Crippen molar-refractivity contribution in [3.8, 4) is 11.8 Å². The van der Waals surface area contributed by atoms with Crippen molar-refractivity contribution in [3.05, 3.63) is 47.0 Å². The van der Waals surface area contributed by atoms with Crippen LogP contribution in [0.5, 0.6) is 0 Å². The highest BCUT2D eigenvalue weighted by molar-refractivity contribution is 6.32. The standard InChI is InChI=1S/C14H11ClN2O3/c15-13-11(5-8-20-13)14(19)17-12-9-10(4-6-16-12)3-1-2-7-18/h4-6,8-9,18H,2,7H2,(H,16,17,19). The van der Waals surface area contributed by atoms with Gasteiger partial charge in [-0.15, -0.1) is 0 Å². The summed E-state index contributed by atoms with van der Waals surface area (Å²) >= 11 is 5.72. The fourth-order valence-corrected chi connectivity index (χ4v) is 1.64. The molecule has 20 heavy (non-hydrogen) atoms. The van der Waals surface area contributed by atoms with Gasteiger partial charge in [0.05, 0.1) is 18.4 Å². The Morgan fingerprint density at radius 2 is 2.35 bits per heavy atom. The molecule has 2 rings (SSSR count). The fraction of sp³-hybridized carbons (Fsp3) is 0.143. The molecule has 2 N–H and O–H groups in total. The second kappa shape index (κ2) is 6.75. The van der Waals surface area contributed by atoms with E-state index in [4.69, 9.17) is 21.1 Å². The average Bonchev–Trinajstić information content (AvgIpc) is 2.86. The first-order valence-corrected chi connectivity index (χ1v) is 6.18. The topological polar surface area (TPSA) is 75.4 Å². The minimum atomic E-state index is -0.406. The maximum absolute atomic E-state index is 11.9. The summed E-state index contributed by atoms with van der Waals surface area (Å²) in [7, 11) is 0. The van der Waals surface area contributed by atoms with Crippen LogP contribution in [0.15, 0.2) is 35.1 Å². The molecule has 102 valence electrons. The normalized spacial score (nSPS) is 9.70. The molecule has 0 aromatic carbocycles. The third-order valence-corrected chi connectivity index (χ3v) is 2.63. The maximum Gasteiger partial charge on any atom is 0.261 e. The number of hydrogen-bond donors (Lipinski definition) is 2. The molecule has 0 aliphatic rings. The number of amides is 1. The summed E-state index contributed by atoms with van der Waals surface area (Å²) in [4.78, 5) is 15.9. The Hall–Kier alpha value is -2.29. The number of rotatable bonds is 3. The third-order valence-electron chi connectivity index (χ3n) is 2.33. The lowest BCUT2D eigenvalue weighted by atomic mass is 10.2. The summed E-state index contributed by atoms with van der Waals surface area (Å²) in [5, 5.41) is 11.3. The largest absolute Gasteiger partial charge is 0.452 e. The summed E-state index contributed by atoms with van der Waals surface area (Å²) in [5.74, 6) is 5.61. The highest BCUT2D eigenvalue weighted by Gasteiger charge is 2.13. The Kier molecular flexibility index (Phi) is 4.77. The number of furan rings is 1.